The largest absolute Gasteiger partial charge is 0.247 e. The van der Waals surface area contributed by atoms with Crippen LogP contribution in [0.3, 0.4) is 0 Å². The molecule has 3 heteroatoms. The summed E-state index contributed by atoms with van der Waals surface area (Å²) in [7, 11) is 0. The first-order chi connectivity index (χ1) is 14.8. The van der Waals surface area contributed by atoms with Crippen molar-refractivity contribution in [3.05, 3.63) is 108 Å². The van der Waals surface area contributed by atoms with Crippen molar-refractivity contribution in [3.63, 3.8) is 0 Å². The maximum Gasteiger partial charge on any atom is 0.113 e. The summed E-state index contributed by atoms with van der Waals surface area (Å²) < 4.78 is 1.86. The van der Waals surface area contributed by atoms with E-state index >= 15 is 0 Å². The van der Waals surface area contributed by atoms with Crippen LogP contribution in [-0.4, -0.2) is 15.0 Å². The number of hydrogen-bond acceptors (Lipinski definition) is 2. The predicted octanol–water partition coefficient (Wildman–Crippen LogP) is 5.79. The fourth-order valence-electron chi connectivity index (χ4n) is 3.89. The molecule has 1 aromatic heterocycles. The van der Waals surface area contributed by atoms with Crippen molar-refractivity contribution >= 4 is 10.8 Å². The zero-order valence-electron chi connectivity index (χ0n) is 16.4. The highest BCUT2D eigenvalue weighted by Gasteiger charge is 2.16. The molecule has 4 aromatic carbocycles. The first kappa shape index (κ1) is 17.9. The molecule has 3 nitrogen and oxygen atoms in total. The molecule has 0 spiro atoms. The van der Waals surface area contributed by atoms with E-state index in [4.69, 9.17) is 6.42 Å². The van der Waals surface area contributed by atoms with Gasteiger partial charge in [-0.2, -0.15) is 0 Å². The van der Waals surface area contributed by atoms with E-state index in [9.17, 15) is 0 Å². The van der Waals surface area contributed by atoms with E-state index in [-0.39, 0.29) is 0 Å². The van der Waals surface area contributed by atoms with E-state index in [1.54, 1.807) is 0 Å². The molecule has 0 amide bonds. The molecule has 0 bridgehead atoms. The van der Waals surface area contributed by atoms with Crippen molar-refractivity contribution in [2.45, 2.75) is 6.54 Å². The Morgan fingerprint density at radius 3 is 2.37 bits per heavy atom. The Kier molecular flexibility index (Phi) is 4.59. The Morgan fingerprint density at radius 1 is 0.767 bits per heavy atom. The van der Waals surface area contributed by atoms with Gasteiger partial charge in [-0.25, -0.2) is 4.68 Å². The van der Waals surface area contributed by atoms with Crippen LogP contribution >= 0.6 is 0 Å². The van der Waals surface area contributed by atoms with Crippen LogP contribution in [0.15, 0.2) is 97.2 Å². The number of aromatic nitrogens is 3. The van der Waals surface area contributed by atoms with Crippen LogP contribution in [0.5, 0.6) is 0 Å². The second-order valence-electron chi connectivity index (χ2n) is 7.19. The van der Waals surface area contributed by atoms with Gasteiger partial charge in [0.15, 0.2) is 0 Å². The molecule has 0 N–H and O–H groups in total. The summed E-state index contributed by atoms with van der Waals surface area (Å²) in [6, 6.07) is 30.9. The Balaban J connectivity index is 1.65. The molecule has 30 heavy (non-hydrogen) atoms. The van der Waals surface area contributed by atoms with Gasteiger partial charge in [0.25, 0.3) is 0 Å². The van der Waals surface area contributed by atoms with Crippen LogP contribution in [-0.2, 0) is 6.54 Å². The Hall–Kier alpha value is -4.16. The van der Waals surface area contributed by atoms with Gasteiger partial charge in [-0.3, -0.25) is 0 Å². The van der Waals surface area contributed by atoms with Gasteiger partial charge >= 0.3 is 0 Å². The Labute approximate surface area is 175 Å². The third-order valence-electron chi connectivity index (χ3n) is 5.28. The topological polar surface area (TPSA) is 30.7 Å². The minimum atomic E-state index is 0.673. The van der Waals surface area contributed by atoms with Crippen LogP contribution in [0, 0.1) is 12.3 Å². The summed E-state index contributed by atoms with van der Waals surface area (Å²) in [5.74, 6) is 2.86. The van der Waals surface area contributed by atoms with E-state index in [1.165, 1.54) is 16.3 Å². The minimum absolute atomic E-state index is 0.673. The number of benzene rings is 4. The molecule has 0 fully saturated rings. The summed E-state index contributed by atoms with van der Waals surface area (Å²) in [5.41, 5.74) is 5.95. The Morgan fingerprint density at radius 2 is 1.50 bits per heavy atom. The van der Waals surface area contributed by atoms with Crippen LogP contribution in [0.4, 0.5) is 0 Å². The van der Waals surface area contributed by atoms with Gasteiger partial charge in [0.2, 0.25) is 0 Å². The lowest BCUT2D eigenvalue weighted by atomic mass is 9.90. The third kappa shape index (κ3) is 3.25. The summed E-state index contributed by atoms with van der Waals surface area (Å²) in [4.78, 5) is 0. The minimum Gasteiger partial charge on any atom is -0.247 e. The molecule has 0 radical (unpaired) electrons. The number of hydrogen-bond donors (Lipinski definition) is 0. The molecule has 0 atom stereocenters. The van der Waals surface area contributed by atoms with Crippen molar-refractivity contribution in [1.82, 2.24) is 15.0 Å². The lowest BCUT2D eigenvalue weighted by Gasteiger charge is -2.13. The quantitative estimate of drug-likeness (QED) is 0.366. The van der Waals surface area contributed by atoms with Gasteiger partial charge in [-0.05, 0) is 28.0 Å². The van der Waals surface area contributed by atoms with E-state index in [2.05, 4.69) is 76.9 Å². The summed E-state index contributed by atoms with van der Waals surface area (Å²) in [6.07, 6.45) is 7.88. The van der Waals surface area contributed by atoms with E-state index < -0.39 is 0 Å². The number of fused-ring (bicyclic) bond motifs is 1. The second-order valence-corrected chi connectivity index (χ2v) is 7.19. The van der Waals surface area contributed by atoms with Gasteiger partial charge in [0.1, 0.15) is 5.69 Å². The number of rotatable bonds is 4. The SMILES string of the molecule is C#Cc1cccc(-c2cn(Cc3ccccc3)nn2)c1-c1cccc2ccccc12. The molecule has 142 valence electrons. The van der Waals surface area contributed by atoms with Crippen LogP contribution in [0.1, 0.15) is 11.1 Å². The number of terminal acetylenes is 1. The van der Waals surface area contributed by atoms with Crippen molar-refractivity contribution in [2.75, 3.05) is 0 Å². The van der Waals surface area contributed by atoms with Crippen LogP contribution in [0.2, 0.25) is 0 Å². The molecule has 0 saturated heterocycles. The highest BCUT2D eigenvalue weighted by atomic mass is 15.4. The summed E-state index contributed by atoms with van der Waals surface area (Å²) >= 11 is 0. The van der Waals surface area contributed by atoms with Crippen LogP contribution < -0.4 is 0 Å². The molecular formula is C27H19N3. The third-order valence-corrected chi connectivity index (χ3v) is 5.28. The van der Waals surface area contributed by atoms with Crippen molar-refractivity contribution in [3.8, 4) is 34.7 Å². The summed E-state index contributed by atoms with van der Waals surface area (Å²) in [5, 5.41) is 11.2. The predicted molar refractivity (Wildman–Crippen MR) is 122 cm³/mol. The smallest absolute Gasteiger partial charge is 0.113 e. The van der Waals surface area contributed by atoms with E-state index in [0.717, 1.165) is 27.9 Å². The molecule has 5 rings (SSSR count). The fraction of sp³-hybridized carbons (Fsp3) is 0.0370. The van der Waals surface area contributed by atoms with Crippen molar-refractivity contribution in [1.29, 1.82) is 0 Å². The average molecular weight is 385 g/mol. The average Bonchev–Trinajstić information content (AvgIpc) is 3.27. The van der Waals surface area contributed by atoms with E-state index in [1.807, 2.05) is 41.2 Å². The first-order valence-corrected chi connectivity index (χ1v) is 9.86. The standard InChI is InChI=1S/C27H19N3/c1-2-21-13-8-17-25(26-19-30(29-28-26)18-20-10-4-3-5-11-20)27(21)24-16-9-14-22-12-6-7-15-23(22)24/h1,3-17,19H,18H2. The van der Waals surface area contributed by atoms with E-state index in [0.29, 0.717) is 6.54 Å². The molecule has 0 saturated carbocycles. The summed E-state index contributed by atoms with van der Waals surface area (Å²) in [6.45, 7) is 0.673. The van der Waals surface area contributed by atoms with Gasteiger partial charge in [0, 0.05) is 16.7 Å². The second kappa shape index (κ2) is 7.69. The molecule has 0 aliphatic rings. The fourth-order valence-corrected chi connectivity index (χ4v) is 3.89. The molecule has 0 aliphatic heterocycles. The maximum absolute atomic E-state index is 5.90. The van der Waals surface area contributed by atoms with Crippen molar-refractivity contribution in [2.24, 2.45) is 0 Å². The molecule has 0 unspecified atom stereocenters. The highest BCUT2D eigenvalue weighted by Crippen LogP contribution is 2.37. The number of nitrogens with zero attached hydrogens (tertiary/aromatic N) is 3. The molecule has 1 heterocycles. The van der Waals surface area contributed by atoms with Gasteiger partial charge in [-0.15, -0.1) is 11.5 Å². The highest BCUT2D eigenvalue weighted by molar-refractivity contribution is 6.01. The monoisotopic (exact) mass is 385 g/mol. The lowest BCUT2D eigenvalue weighted by molar-refractivity contribution is 0.650. The van der Waals surface area contributed by atoms with Gasteiger partial charge < -0.3 is 0 Å². The lowest BCUT2D eigenvalue weighted by Crippen LogP contribution is -1.99. The van der Waals surface area contributed by atoms with Crippen molar-refractivity contribution < 1.29 is 0 Å². The zero-order valence-corrected chi connectivity index (χ0v) is 16.4. The maximum atomic E-state index is 5.90. The van der Waals surface area contributed by atoms with Gasteiger partial charge in [-0.1, -0.05) is 96.1 Å². The molecular weight excluding hydrogens is 366 g/mol. The Bertz CT molecular complexity index is 1370. The molecule has 5 aromatic rings. The first-order valence-electron chi connectivity index (χ1n) is 9.86. The zero-order chi connectivity index (χ0) is 20.3. The molecule has 0 aliphatic carbocycles. The normalized spacial score (nSPS) is 10.8. The van der Waals surface area contributed by atoms with Gasteiger partial charge in [0.05, 0.1) is 12.7 Å². The van der Waals surface area contributed by atoms with Crippen LogP contribution in [0.25, 0.3) is 33.2 Å².